The topological polar surface area (TPSA) is 75.1 Å². The summed E-state index contributed by atoms with van der Waals surface area (Å²) in [5.41, 5.74) is 0.993. The lowest BCUT2D eigenvalue weighted by Crippen LogP contribution is -2.45. The van der Waals surface area contributed by atoms with Gasteiger partial charge in [-0.2, -0.15) is 0 Å². The van der Waals surface area contributed by atoms with Gasteiger partial charge in [0.1, 0.15) is 17.7 Å². The van der Waals surface area contributed by atoms with Gasteiger partial charge >= 0.3 is 5.97 Å². The van der Waals surface area contributed by atoms with Gasteiger partial charge in [0.25, 0.3) is 0 Å². The molecule has 19 heavy (non-hydrogen) atoms. The van der Waals surface area contributed by atoms with Crippen LogP contribution in [0.3, 0.4) is 0 Å². The lowest BCUT2D eigenvalue weighted by molar-refractivity contribution is -0.142. The molecule has 0 unspecified atom stereocenters. The Hall–Kier alpha value is -1.69. The molecule has 0 aromatic carbocycles. The van der Waals surface area contributed by atoms with E-state index in [4.69, 9.17) is 0 Å². The van der Waals surface area contributed by atoms with Crippen LogP contribution < -0.4 is 5.32 Å². The third-order valence-electron chi connectivity index (χ3n) is 3.51. The van der Waals surface area contributed by atoms with Gasteiger partial charge in [0.15, 0.2) is 0 Å². The highest BCUT2D eigenvalue weighted by molar-refractivity contribution is 7.18. The number of carbonyl (C=O) groups is 1. The molecule has 0 atom stereocenters. The van der Waals surface area contributed by atoms with E-state index >= 15 is 0 Å². The summed E-state index contributed by atoms with van der Waals surface area (Å²) in [5, 5.41) is 14.6. The minimum atomic E-state index is -0.973. The average Bonchev–Trinajstić information content (AvgIpc) is 2.78. The number of rotatable bonds is 5. The number of hydrogen-bond acceptors (Lipinski definition) is 5. The molecule has 0 aliphatic heterocycles. The van der Waals surface area contributed by atoms with Gasteiger partial charge in [-0.1, -0.05) is 13.8 Å². The zero-order chi connectivity index (χ0) is 14.0. The highest BCUT2D eigenvalue weighted by Gasteiger charge is 2.35. The van der Waals surface area contributed by atoms with Crippen LogP contribution in [-0.2, 0) is 4.79 Å². The van der Waals surface area contributed by atoms with E-state index < -0.39 is 11.5 Å². The Morgan fingerprint density at radius 1 is 1.42 bits per heavy atom. The van der Waals surface area contributed by atoms with Crippen LogP contribution in [0.1, 0.15) is 32.3 Å². The number of nitrogens with one attached hydrogen (secondary N) is 1. The summed E-state index contributed by atoms with van der Waals surface area (Å²) in [4.78, 5) is 20.0. The van der Waals surface area contributed by atoms with Crippen LogP contribution in [0.5, 0.6) is 0 Å². The van der Waals surface area contributed by atoms with Gasteiger partial charge in [0.05, 0.1) is 10.2 Å². The summed E-state index contributed by atoms with van der Waals surface area (Å²) in [6.45, 7) is 5.71. The third kappa shape index (κ3) is 2.28. The Morgan fingerprint density at radius 3 is 2.68 bits per heavy atom. The molecule has 0 radical (unpaired) electrons. The Labute approximate surface area is 115 Å². The Morgan fingerprint density at radius 2 is 2.11 bits per heavy atom. The fraction of sp³-hybridized carbons (Fsp3) is 0.462. The molecular weight excluding hydrogens is 262 g/mol. The molecule has 5 nitrogen and oxygen atoms in total. The molecule has 0 fully saturated rings. The molecule has 0 saturated carbocycles. The van der Waals surface area contributed by atoms with E-state index in [9.17, 15) is 9.90 Å². The molecule has 0 aliphatic carbocycles. The van der Waals surface area contributed by atoms with E-state index in [1.54, 1.807) is 0 Å². The van der Waals surface area contributed by atoms with E-state index in [-0.39, 0.29) is 0 Å². The maximum absolute atomic E-state index is 11.5. The highest BCUT2D eigenvalue weighted by Crippen LogP contribution is 2.31. The Kier molecular flexibility index (Phi) is 3.71. The van der Waals surface area contributed by atoms with Crippen molar-refractivity contribution in [2.75, 3.05) is 5.32 Å². The fourth-order valence-corrected chi connectivity index (χ4v) is 3.01. The molecule has 2 N–H and O–H groups in total. The summed E-state index contributed by atoms with van der Waals surface area (Å²) < 4.78 is 0.910. The second kappa shape index (κ2) is 5.13. The maximum atomic E-state index is 11.5. The average molecular weight is 279 g/mol. The van der Waals surface area contributed by atoms with Crippen molar-refractivity contribution in [1.29, 1.82) is 0 Å². The number of aryl methyl sites for hydroxylation is 1. The normalized spacial score (nSPS) is 11.7. The molecule has 2 aromatic rings. The Balaban J connectivity index is 2.48. The van der Waals surface area contributed by atoms with Crippen molar-refractivity contribution in [2.45, 2.75) is 39.2 Å². The summed E-state index contributed by atoms with van der Waals surface area (Å²) in [5.74, 6) is -0.244. The second-order valence-corrected chi connectivity index (χ2v) is 5.42. The zero-order valence-corrected chi connectivity index (χ0v) is 12.0. The first-order chi connectivity index (χ1) is 9.04. The minimum Gasteiger partial charge on any atom is -0.480 e. The number of nitrogens with zero attached hydrogens (tertiary/aromatic N) is 2. The van der Waals surface area contributed by atoms with Crippen LogP contribution in [0.2, 0.25) is 0 Å². The summed E-state index contributed by atoms with van der Waals surface area (Å²) in [6, 6.07) is 0. The maximum Gasteiger partial charge on any atom is 0.329 e. The number of carboxylic acids is 1. The van der Waals surface area contributed by atoms with Gasteiger partial charge in [-0.25, -0.2) is 14.8 Å². The largest absolute Gasteiger partial charge is 0.480 e. The molecule has 2 heterocycles. The standard InChI is InChI=1S/C13H17N3O2S/c1-4-13(5-2,12(17)18)16-11-10-9(14-7-15-11)8(3)6-19-10/h6-7H,4-5H2,1-3H3,(H,17,18)(H,14,15,16). The summed E-state index contributed by atoms with van der Waals surface area (Å²) >= 11 is 1.53. The Bertz CT molecular complexity index is 605. The lowest BCUT2D eigenvalue weighted by atomic mass is 9.93. The number of hydrogen-bond donors (Lipinski definition) is 2. The first kappa shape index (κ1) is 13.7. The first-order valence-corrected chi connectivity index (χ1v) is 7.12. The molecule has 0 spiro atoms. The van der Waals surface area contributed by atoms with Crippen LogP contribution in [-0.4, -0.2) is 26.6 Å². The summed E-state index contributed by atoms with van der Waals surface area (Å²) in [6.07, 6.45) is 2.46. The van der Waals surface area contributed by atoms with E-state index in [2.05, 4.69) is 15.3 Å². The van der Waals surface area contributed by atoms with Crippen molar-refractivity contribution in [3.63, 3.8) is 0 Å². The van der Waals surface area contributed by atoms with E-state index in [0.29, 0.717) is 18.7 Å². The van der Waals surface area contributed by atoms with Crippen molar-refractivity contribution in [2.24, 2.45) is 0 Å². The number of aromatic nitrogens is 2. The minimum absolute atomic E-state index is 0.495. The van der Waals surface area contributed by atoms with Crippen LogP contribution in [0.4, 0.5) is 5.82 Å². The number of anilines is 1. The van der Waals surface area contributed by atoms with E-state index in [1.165, 1.54) is 17.7 Å². The molecule has 102 valence electrons. The van der Waals surface area contributed by atoms with Gasteiger partial charge < -0.3 is 10.4 Å². The zero-order valence-electron chi connectivity index (χ0n) is 11.2. The van der Waals surface area contributed by atoms with Gasteiger partial charge in [-0.3, -0.25) is 0 Å². The van der Waals surface area contributed by atoms with Gasteiger partial charge in [-0.15, -0.1) is 11.3 Å². The van der Waals surface area contributed by atoms with Crippen molar-refractivity contribution in [3.8, 4) is 0 Å². The molecule has 0 amide bonds. The molecular formula is C13H17N3O2S. The predicted octanol–water partition coefficient (Wildman–Crippen LogP) is 3.06. The van der Waals surface area contributed by atoms with Crippen LogP contribution >= 0.6 is 11.3 Å². The molecule has 0 aliphatic rings. The summed E-state index contributed by atoms with van der Waals surface area (Å²) in [7, 11) is 0. The quantitative estimate of drug-likeness (QED) is 0.879. The molecule has 0 saturated heterocycles. The van der Waals surface area contributed by atoms with Crippen LogP contribution in [0, 0.1) is 6.92 Å². The monoisotopic (exact) mass is 279 g/mol. The molecule has 2 aromatic heterocycles. The van der Waals surface area contributed by atoms with Crippen LogP contribution in [0.25, 0.3) is 10.2 Å². The highest BCUT2D eigenvalue weighted by atomic mass is 32.1. The van der Waals surface area contributed by atoms with Crippen molar-refractivity contribution in [1.82, 2.24) is 9.97 Å². The van der Waals surface area contributed by atoms with Crippen molar-refractivity contribution >= 4 is 33.3 Å². The number of fused-ring (bicyclic) bond motifs is 1. The van der Waals surface area contributed by atoms with Gasteiger partial charge in [-0.05, 0) is 30.7 Å². The van der Waals surface area contributed by atoms with Gasteiger partial charge in [0.2, 0.25) is 0 Å². The molecule has 6 heteroatoms. The van der Waals surface area contributed by atoms with Crippen molar-refractivity contribution in [3.05, 3.63) is 17.3 Å². The third-order valence-corrected chi connectivity index (χ3v) is 4.60. The van der Waals surface area contributed by atoms with E-state index in [0.717, 1.165) is 15.8 Å². The first-order valence-electron chi connectivity index (χ1n) is 6.24. The molecule has 2 rings (SSSR count). The molecule has 0 bridgehead atoms. The number of thiophene rings is 1. The van der Waals surface area contributed by atoms with Crippen molar-refractivity contribution < 1.29 is 9.90 Å². The smallest absolute Gasteiger partial charge is 0.329 e. The number of carboxylic acid groups (broad SMARTS) is 1. The fourth-order valence-electron chi connectivity index (χ4n) is 2.07. The van der Waals surface area contributed by atoms with Gasteiger partial charge in [0, 0.05) is 0 Å². The predicted molar refractivity (Wildman–Crippen MR) is 76.7 cm³/mol. The number of aliphatic carboxylic acids is 1. The van der Waals surface area contributed by atoms with Crippen LogP contribution in [0.15, 0.2) is 11.7 Å². The second-order valence-electron chi connectivity index (χ2n) is 4.54. The van der Waals surface area contributed by atoms with E-state index in [1.807, 2.05) is 26.2 Å². The lowest BCUT2D eigenvalue weighted by Gasteiger charge is -2.28. The SMILES string of the molecule is CCC(CC)(Nc1ncnc2c(C)csc12)C(=O)O.